The second-order valence-electron chi connectivity index (χ2n) is 5.36. The summed E-state index contributed by atoms with van der Waals surface area (Å²) in [5, 5.41) is 13.6. The summed E-state index contributed by atoms with van der Waals surface area (Å²) in [4.78, 5) is 14.7. The first-order chi connectivity index (χ1) is 9.13. The molecule has 1 aromatic heterocycles. The molecule has 19 heavy (non-hydrogen) atoms. The Morgan fingerprint density at radius 1 is 1.47 bits per heavy atom. The monoisotopic (exact) mass is 281 g/mol. The Balaban J connectivity index is 1.74. The lowest BCUT2D eigenvalue weighted by atomic mass is 10.1. The van der Waals surface area contributed by atoms with E-state index < -0.39 is 0 Å². The second kappa shape index (κ2) is 5.02. The number of piperidine rings is 1. The molecule has 1 aliphatic carbocycles. The number of anilines is 2. The molecule has 0 aromatic carbocycles. The zero-order valence-corrected chi connectivity index (χ0v) is 11.6. The number of carbonyl (C=O) groups is 1. The predicted octanol–water partition coefficient (Wildman–Crippen LogP) is 1.18. The van der Waals surface area contributed by atoms with Gasteiger partial charge in [-0.2, -0.15) is 0 Å². The maximum Gasteiger partial charge on any atom is 0.263 e. The highest BCUT2D eigenvalue weighted by molar-refractivity contribution is 7.18. The lowest BCUT2D eigenvalue weighted by Gasteiger charge is -2.30. The first kappa shape index (κ1) is 12.7. The van der Waals surface area contributed by atoms with Gasteiger partial charge in [-0.3, -0.25) is 4.79 Å². The third kappa shape index (κ3) is 2.84. The molecule has 1 saturated carbocycles. The van der Waals surface area contributed by atoms with Crippen LogP contribution in [0.1, 0.15) is 35.4 Å². The number of thiophene rings is 1. The quantitative estimate of drug-likeness (QED) is 0.777. The van der Waals surface area contributed by atoms with Crippen LogP contribution in [0.25, 0.3) is 0 Å². The van der Waals surface area contributed by atoms with Crippen molar-refractivity contribution in [2.75, 3.05) is 23.7 Å². The summed E-state index contributed by atoms with van der Waals surface area (Å²) in [5.74, 6) is -0.0613. The first-order valence-corrected chi connectivity index (χ1v) is 7.58. The van der Waals surface area contributed by atoms with E-state index in [9.17, 15) is 9.90 Å². The molecular formula is C13H19N3O2S. The largest absolute Gasteiger partial charge is 0.397 e. The van der Waals surface area contributed by atoms with Crippen LogP contribution in [0.2, 0.25) is 0 Å². The molecule has 2 fully saturated rings. The van der Waals surface area contributed by atoms with E-state index in [2.05, 4.69) is 10.2 Å². The van der Waals surface area contributed by atoms with Crippen molar-refractivity contribution in [3.8, 4) is 0 Å². The van der Waals surface area contributed by atoms with E-state index in [0.29, 0.717) is 23.2 Å². The predicted molar refractivity (Wildman–Crippen MR) is 76.7 cm³/mol. The summed E-state index contributed by atoms with van der Waals surface area (Å²) >= 11 is 1.42. The maximum absolute atomic E-state index is 12.0. The van der Waals surface area contributed by atoms with Crippen molar-refractivity contribution in [3.63, 3.8) is 0 Å². The van der Waals surface area contributed by atoms with Crippen molar-refractivity contribution >= 4 is 27.9 Å². The number of hydrogen-bond donors (Lipinski definition) is 3. The number of nitrogens with two attached hydrogens (primary N) is 1. The van der Waals surface area contributed by atoms with Gasteiger partial charge < -0.3 is 21.1 Å². The number of rotatable bonds is 3. The van der Waals surface area contributed by atoms with Gasteiger partial charge in [0, 0.05) is 19.1 Å². The van der Waals surface area contributed by atoms with Crippen LogP contribution in [0, 0.1) is 0 Å². The first-order valence-electron chi connectivity index (χ1n) is 6.76. The summed E-state index contributed by atoms with van der Waals surface area (Å²) in [5.41, 5.74) is 6.48. The number of carbonyl (C=O) groups excluding carboxylic acids is 1. The SMILES string of the molecule is Nc1cc(N2CCCC(O)C2)sc1C(=O)NC1CC1. The standard InChI is InChI=1S/C13H19N3O2S/c14-10-6-11(16-5-1-2-9(17)7-16)19-12(10)13(18)15-8-3-4-8/h6,8-9,17H,1-5,7,14H2,(H,15,18). The Kier molecular flexibility index (Phi) is 3.36. The summed E-state index contributed by atoms with van der Waals surface area (Å²) in [6.07, 6.45) is 3.69. The van der Waals surface area contributed by atoms with Crippen LogP contribution in [0.4, 0.5) is 10.7 Å². The molecule has 5 nitrogen and oxygen atoms in total. The van der Waals surface area contributed by atoms with Crippen molar-refractivity contribution in [2.24, 2.45) is 0 Å². The molecule has 1 aromatic rings. The molecule has 3 rings (SSSR count). The lowest BCUT2D eigenvalue weighted by molar-refractivity contribution is 0.0956. The summed E-state index contributed by atoms with van der Waals surface area (Å²) < 4.78 is 0. The molecule has 1 aliphatic heterocycles. The number of amides is 1. The highest BCUT2D eigenvalue weighted by Gasteiger charge is 2.27. The van der Waals surface area contributed by atoms with E-state index in [-0.39, 0.29) is 12.0 Å². The van der Waals surface area contributed by atoms with Crippen molar-refractivity contribution < 1.29 is 9.90 Å². The Morgan fingerprint density at radius 3 is 2.95 bits per heavy atom. The van der Waals surface area contributed by atoms with Gasteiger partial charge in [0.25, 0.3) is 5.91 Å². The number of nitrogens with zero attached hydrogens (tertiary/aromatic N) is 1. The van der Waals surface area contributed by atoms with Crippen molar-refractivity contribution in [1.82, 2.24) is 5.32 Å². The number of aliphatic hydroxyl groups is 1. The number of aliphatic hydroxyl groups excluding tert-OH is 1. The molecule has 4 N–H and O–H groups in total. The second-order valence-corrected chi connectivity index (χ2v) is 6.39. The average molecular weight is 281 g/mol. The van der Waals surface area contributed by atoms with Crippen molar-refractivity contribution in [3.05, 3.63) is 10.9 Å². The van der Waals surface area contributed by atoms with Crippen LogP contribution >= 0.6 is 11.3 Å². The molecule has 1 amide bonds. The summed E-state index contributed by atoms with van der Waals surface area (Å²) in [6.45, 7) is 1.55. The van der Waals surface area contributed by atoms with Crippen LogP contribution in [0.15, 0.2) is 6.07 Å². The van der Waals surface area contributed by atoms with Gasteiger partial charge >= 0.3 is 0 Å². The molecule has 2 aliphatic rings. The Bertz CT molecular complexity index is 484. The van der Waals surface area contributed by atoms with Crippen molar-refractivity contribution in [1.29, 1.82) is 0 Å². The van der Waals surface area contributed by atoms with E-state index in [4.69, 9.17) is 5.73 Å². The van der Waals surface area contributed by atoms with E-state index in [1.807, 2.05) is 6.07 Å². The Labute approximate surface area is 116 Å². The van der Waals surface area contributed by atoms with Gasteiger partial charge in [0.15, 0.2) is 0 Å². The molecular weight excluding hydrogens is 262 g/mol. The van der Waals surface area contributed by atoms with E-state index in [1.165, 1.54) is 11.3 Å². The number of hydrogen-bond acceptors (Lipinski definition) is 5. The maximum atomic E-state index is 12.0. The minimum Gasteiger partial charge on any atom is -0.397 e. The van der Waals surface area contributed by atoms with E-state index in [0.717, 1.165) is 37.2 Å². The van der Waals surface area contributed by atoms with Gasteiger partial charge in [-0.15, -0.1) is 11.3 Å². The summed E-state index contributed by atoms with van der Waals surface area (Å²) in [7, 11) is 0. The van der Waals surface area contributed by atoms with Gasteiger partial charge in [0.2, 0.25) is 0 Å². The fourth-order valence-corrected chi connectivity index (χ4v) is 3.38. The van der Waals surface area contributed by atoms with Crippen LogP contribution in [0.5, 0.6) is 0 Å². The number of β-amino-alcohol motifs (C(OH)–C–C–N with tert-alkyl or cyclic N) is 1. The average Bonchev–Trinajstić information content (AvgIpc) is 3.09. The molecule has 0 bridgehead atoms. The minimum atomic E-state index is -0.277. The zero-order chi connectivity index (χ0) is 13.4. The Morgan fingerprint density at radius 2 is 2.26 bits per heavy atom. The molecule has 1 saturated heterocycles. The van der Waals surface area contributed by atoms with Crippen LogP contribution in [-0.4, -0.2) is 36.2 Å². The van der Waals surface area contributed by atoms with E-state index >= 15 is 0 Å². The highest BCUT2D eigenvalue weighted by Crippen LogP contribution is 2.34. The summed E-state index contributed by atoms with van der Waals surface area (Å²) in [6, 6.07) is 2.19. The number of nitrogen functional groups attached to an aromatic ring is 1. The topological polar surface area (TPSA) is 78.6 Å². The van der Waals surface area contributed by atoms with Crippen molar-refractivity contribution in [2.45, 2.75) is 37.8 Å². The van der Waals surface area contributed by atoms with Crippen LogP contribution < -0.4 is 16.0 Å². The molecule has 1 unspecified atom stereocenters. The van der Waals surface area contributed by atoms with Gasteiger partial charge in [0.05, 0.1) is 16.8 Å². The molecule has 104 valence electrons. The van der Waals surface area contributed by atoms with Gasteiger partial charge in [-0.25, -0.2) is 0 Å². The van der Waals surface area contributed by atoms with E-state index in [1.54, 1.807) is 0 Å². The highest BCUT2D eigenvalue weighted by atomic mass is 32.1. The fraction of sp³-hybridized carbons (Fsp3) is 0.615. The number of nitrogens with one attached hydrogen (secondary N) is 1. The van der Waals surface area contributed by atoms with Gasteiger partial charge in [-0.1, -0.05) is 0 Å². The third-order valence-corrected chi connectivity index (χ3v) is 4.79. The fourth-order valence-electron chi connectivity index (χ4n) is 2.36. The molecule has 1 atom stereocenters. The molecule has 0 spiro atoms. The molecule has 6 heteroatoms. The third-order valence-electron chi connectivity index (χ3n) is 3.57. The van der Waals surface area contributed by atoms with Crippen LogP contribution in [0.3, 0.4) is 0 Å². The Hall–Kier alpha value is -1.27. The van der Waals surface area contributed by atoms with Gasteiger partial charge in [-0.05, 0) is 31.7 Å². The lowest BCUT2D eigenvalue weighted by Crippen LogP contribution is -2.37. The minimum absolute atomic E-state index is 0.0613. The van der Waals surface area contributed by atoms with Gasteiger partial charge in [0.1, 0.15) is 4.88 Å². The van der Waals surface area contributed by atoms with Crippen LogP contribution in [-0.2, 0) is 0 Å². The zero-order valence-electron chi connectivity index (χ0n) is 10.8. The normalized spacial score (nSPS) is 23.4. The smallest absolute Gasteiger partial charge is 0.263 e. The molecule has 2 heterocycles. The molecule has 0 radical (unpaired) electrons.